The van der Waals surface area contributed by atoms with Crippen LogP contribution in [-0.4, -0.2) is 0 Å². The molecule has 88 valence electrons. The van der Waals surface area contributed by atoms with Crippen molar-refractivity contribution in [2.24, 2.45) is 0 Å². The monoisotopic (exact) mass is 310 g/mol. The van der Waals surface area contributed by atoms with E-state index in [1.165, 1.54) is 0 Å². The summed E-state index contributed by atoms with van der Waals surface area (Å²) in [6, 6.07) is 11.5. The predicted molar refractivity (Wildman–Crippen MR) is 78.0 cm³/mol. The van der Waals surface area contributed by atoms with Gasteiger partial charge in [0, 0.05) is 9.50 Å². The molecule has 0 radical (unpaired) electrons. The molecule has 0 unspecified atom stereocenters. The Morgan fingerprint density at radius 2 is 1.88 bits per heavy atom. The van der Waals surface area contributed by atoms with E-state index in [0.29, 0.717) is 5.02 Å². The van der Waals surface area contributed by atoms with Crippen LogP contribution in [-0.2, 0) is 0 Å². The molecule has 2 aromatic carbocycles. The van der Waals surface area contributed by atoms with Crippen molar-refractivity contribution in [3.63, 3.8) is 0 Å². The lowest BCUT2D eigenvalue weighted by Crippen LogP contribution is -1.97. The molecule has 0 amide bonds. The molecule has 0 heterocycles. The molecule has 2 rings (SSSR count). The maximum atomic E-state index is 5.91. The van der Waals surface area contributed by atoms with Crippen molar-refractivity contribution in [2.45, 2.75) is 6.92 Å². The number of halogens is 2. The fourth-order valence-electron chi connectivity index (χ4n) is 1.51. The molecule has 2 aromatic rings. The van der Waals surface area contributed by atoms with Crippen LogP contribution in [0.5, 0.6) is 0 Å². The summed E-state index contributed by atoms with van der Waals surface area (Å²) >= 11 is 9.35. The third-order valence-corrected chi connectivity index (χ3v) is 3.30. The quantitative estimate of drug-likeness (QED) is 0.786. The minimum absolute atomic E-state index is 0.694. The minimum atomic E-state index is 0.694. The molecule has 0 saturated heterocycles. The number of aryl methyl sites for hydroxylation is 1. The van der Waals surface area contributed by atoms with E-state index in [1.54, 1.807) is 0 Å². The van der Waals surface area contributed by atoms with Crippen molar-refractivity contribution in [3.8, 4) is 0 Å². The fraction of sp³-hybridized carbons (Fsp3) is 0.0769. The topological polar surface area (TPSA) is 38.0 Å². The van der Waals surface area contributed by atoms with Gasteiger partial charge < -0.3 is 11.1 Å². The molecule has 0 bridgehead atoms. The lowest BCUT2D eigenvalue weighted by molar-refractivity contribution is 1.44. The van der Waals surface area contributed by atoms with Gasteiger partial charge in [0.2, 0.25) is 0 Å². The Morgan fingerprint density at radius 1 is 1.12 bits per heavy atom. The zero-order valence-electron chi connectivity index (χ0n) is 9.30. The van der Waals surface area contributed by atoms with Gasteiger partial charge in [0.25, 0.3) is 0 Å². The maximum absolute atomic E-state index is 5.91. The molecule has 0 fully saturated rings. The van der Waals surface area contributed by atoms with Gasteiger partial charge in [-0.15, -0.1) is 0 Å². The first-order valence-electron chi connectivity index (χ1n) is 5.14. The normalized spacial score (nSPS) is 10.3. The smallest absolute Gasteiger partial charge is 0.0620 e. The van der Waals surface area contributed by atoms with Gasteiger partial charge in [0.05, 0.1) is 17.1 Å². The van der Waals surface area contributed by atoms with Crippen LogP contribution < -0.4 is 11.1 Å². The zero-order chi connectivity index (χ0) is 12.4. The largest absolute Gasteiger partial charge is 0.397 e. The van der Waals surface area contributed by atoms with Crippen LogP contribution in [0.4, 0.5) is 17.1 Å². The number of nitrogens with one attached hydrogen (secondary N) is 1. The van der Waals surface area contributed by atoms with Crippen LogP contribution in [0.25, 0.3) is 0 Å². The Hall–Kier alpha value is -1.19. The predicted octanol–water partition coefficient (Wildman–Crippen LogP) is 4.74. The zero-order valence-corrected chi connectivity index (χ0v) is 11.6. The standard InChI is InChI=1S/C13H12BrClN2/c1-8-2-4-11(16)13(6-8)17-12-5-3-9(15)7-10(12)14/h2-7,17H,16H2,1H3. The Labute approximate surface area is 114 Å². The second-order valence-corrected chi connectivity index (χ2v) is 5.13. The highest BCUT2D eigenvalue weighted by atomic mass is 79.9. The van der Waals surface area contributed by atoms with Gasteiger partial charge in [0.15, 0.2) is 0 Å². The van der Waals surface area contributed by atoms with Crippen molar-refractivity contribution < 1.29 is 0 Å². The van der Waals surface area contributed by atoms with E-state index in [2.05, 4.69) is 21.2 Å². The highest BCUT2D eigenvalue weighted by Crippen LogP contribution is 2.31. The van der Waals surface area contributed by atoms with Crippen LogP contribution in [0.3, 0.4) is 0 Å². The molecule has 0 spiro atoms. The third-order valence-electron chi connectivity index (χ3n) is 2.41. The van der Waals surface area contributed by atoms with Gasteiger partial charge in [-0.25, -0.2) is 0 Å². The average Bonchev–Trinajstić information content (AvgIpc) is 2.27. The van der Waals surface area contributed by atoms with Crippen molar-refractivity contribution in [1.29, 1.82) is 0 Å². The molecule has 0 aliphatic carbocycles. The average molecular weight is 312 g/mol. The molecule has 17 heavy (non-hydrogen) atoms. The SMILES string of the molecule is Cc1ccc(N)c(Nc2ccc(Cl)cc2Br)c1. The van der Waals surface area contributed by atoms with Crippen molar-refractivity contribution in [2.75, 3.05) is 11.1 Å². The number of rotatable bonds is 2. The van der Waals surface area contributed by atoms with Gasteiger partial charge in [-0.1, -0.05) is 17.7 Å². The van der Waals surface area contributed by atoms with Crippen molar-refractivity contribution in [3.05, 3.63) is 51.5 Å². The Balaban J connectivity index is 2.34. The van der Waals surface area contributed by atoms with E-state index < -0.39 is 0 Å². The Kier molecular flexibility index (Phi) is 3.60. The molecule has 3 N–H and O–H groups in total. The summed E-state index contributed by atoms with van der Waals surface area (Å²) in [6.45, 7) is 2.03. The van der Waals surface area contributed by atoms with Crippen LogP contribution in [0, 0.1) is 6.92 Å². The van der Waals surface area contributed by atoms with Crippen LogP contribution in [0.1, 0.15) is 5.56 Å². The van der Waals surface area contributed by atoms with Crippen LogP contribution in [0.2, 0.25) is 5.02 Å². The number of nitrogen functional groups attached to an aromatic ring is 1. The van der Waals surface area contributed by atoms with E-state index in [0.717, 1.165) is 27.1 Å². The second kappa shape index (κ2) is 4.98. The van der Waals surface area contributed by atoms with Gasteiger partial charge in [-0.05, 0) is 58.7 Å². The Bertz CT molecular complexity index is 555. The number of anilines is 3. The first kappa shape index (κ1) is 12.3. The van der Waals surface area contributed by atoms with E-state index in [-0.39, 0.29) is 0 Å². The van der Waals surface area contributed by atoms with E-state index in [1.807, 2.05) is 43.3 Å². The molecule has 4 heteroatoms. The fourth-order valence-corrected chi connectivity index (χ4v) is 2.30. The molecular formula is C13H12BrClN2. The van der Waals surface area contributed by atoms with Crippen molar-refractivity contribution >= 4 is 44.6 Å². The molecule has 0 aliphatic rings. The van der Waals surface area contributed by atoms with Gasteiger partial charge in [-0.3, -0.25) is 0 Å². The molecule has 0 aromatic heterocycles. The van der Waals surface area contributed by atoms with Gasteiger partial charge >= 0.3 is 0 Å². The summed E-state index contributed by atoms with van der Waals surface area (Å²) in [5.74, 6) is 0. The third kappa shape index (κ3) is 2.93. The summed E-state index contributed by atoms with van der Waals surface area (Å²) in [5, 5.41) is 3.97. The molecular weight excluding hydrogens is 300 g/mol. The van der Waals surface area contributed by atoms with Crippen LogP contribution >= 0.6 is 27.5 Å². The summed E-state index contributed by atoms with van der Waals surface area (Å²) < 4.78 is 0.908. The first-order chi connectivity index (χ1) is 8.06. The van der Waals surface area contributed by atoms with Gasteiger partial charge in [-0.2, -0.15) is 0 Å². The summed E-state index contributed by atoms with van der Waals surface area (Å²) in [4.78, 5) is 0. The first-order valence-corrected chi connectivity index (χ1v) is 6.31. The van der Waals surface area contributed by atoms with Gasteiger partial charge in [0.1, 0.15) is 0 Å². The molecule has 0 saturated carbocycles. The number of hydrogen-bond donors (Lipinski definition) is 2. The van der Waals surface area contributed by atoms with E-state index >= 15 is 0 Å². The lowest BCUT2D eigenvalue weighted by Gasteiger charge is -2.12. The number of hydrogen-bond acceptors (Lipinski definition) is 2. The summed E-state index contributed by atoms with van der Waals surface area (Å²) in [5.41, 5.74) is 9.63. The maximum Gasteiger partial charge on any atom is 0.0620 e. The molecule has 0 aliphatic heterocycles. The highest BCUT2D eigenvalue weighted by molar-refractivity contribution is 9.10. The second-order valence-electron chi connectivity index (χ2n) is 3.84. The minimum Gasteiger partial charge on any atom is -0.397 e. The number of nitrogens with two attached hydrogens (primary N) is 1. The van der Waals surface area contributed by atoms with Crippen LogP contribution in [0.15, 0.2) is 40.9 Å². The summed E-state index contributed by atoms with van der Waals surface area (Å²) in [7, 11) is 0. The highest BCUT2D eigenvalue weighted by Gasteiger charge is 2.04. The van der Waals surface area contributed by atoms with E-state index in [9.17, 15) is 0 Å². The van der Waals surface area contributed by atoms with Crippen molar-refractivity contribution in [1.82, 2.24) is 0 Å². The Morgan fingerprint density at radius 3 is 2.59 bits per heavy atom. The number of benzene rings is 2. The molecule has 2 nitrogen and oxygen atoms in total. The van der Waals surface area contributed by atoms with E-state index in [4.69, 9.17) is 17.3 Å². The lowest BCUT2D eigenvalue weighted by atomic mass is 10.2. The summed E-state index contributed by atoms with van der Waals surface area (Å²) in [6.07, 6.45) is 0. The molecule has 0 atom stereocenters.